The highest BCUT2D eigenvalue weighted by Gasteiger charge is 2.25. The van der Waals surface area contributed by atoms with Gasteiger partial charge in [0.15, 0.2) is 5.82 Å². The molecule has 0 saturated carbocycles. The number of amides is 1. The van der Waals surface area contributed by atoms with Crippen LogP contribution in [0.25, 0.3) is 0 Å². The first-order chi connectivity index (χ1) is 10.4. The van der Waals surface area contributed by atoms with Gasteiger partial charge < -0.3 is 4.90 Å². The minimum absolute atomic E-state index is 0.0408. The Bertz CT molecular complexity index is 842. The molecular formula is C14H16N4O3S. The van der Waals surface area contributed by atoms with E-state index in [-0.39, 0.29) is 16.6 Å². The smallest absolute Gasteiger partial charge is 0.263 e. The molecule has 2 heterocycles. The number of benzene rings is 1. The zero-order valence-electron chi connectivity index (χ0n) is 12.3. The molecule has 3 rings (SSSR count). The summed E-state index contributed by atoms with van der Waals surface area (Å²) in [5.74, 6) is 0.231. The van der Waals surface area contributed by atoms with Gasteiger partial charge in [0, 0.05) is 38.5 Å². The molecule has 0 radical (unpaired) electrons. The fourth-order valence-corrected chi connectivity index (χ4v) is 3.59. The normalized spacial score (nSPS) is 14.0. The predicted octanol–water partition coefficient (Wildman–Crippen LogP) is 1.13. The summed E-state index contributed by atoms with van der Waals surface area (Å²) in [6, 6.07) is 6.38. The number of aryl methyl sites for hydroxylation is 1. The van der Waals surface area contributed by atoms with E-state index in [0.29, 0.717) is 13.0 Å². The van der Waals surface area contributed by atoms with Gasteiger partial charge in [0.05, 0.1) is 4.90 Å². The minimum atomic E-state index is -3.69. The largest absolute Gasteiger partial charge is 0.312 e. The Labute approximate surface area is 128 Å². The Kier molecular flexibility index (Phi) is 3.40. The fourth-order valence-electron chi connectivity index (χ4n) is 2.54. The number of rotatable bonds is 3. The number of carbonyl (C=O) groups excluding carboxylic acids is 1. The van der Waals surface area contributed by atoms with E-state index in [4.69, 9.17) is 0 Å². The molecule has 0 atom stereocenters. The SMILES string of the molecule is CC(=O)N1CCc2cc(S(=O)(=O)Nc3ccn(C)n3)ccc21. The van der Waals surface area contributed by atoms with Gasteiger partial charge in [0.2, 0.25) is 5.91 Å². The molecular weight excluding hydrogens is 304 g/mol. The Morgan fingerprint density at radius 1 is 1.32 bits per heavy atom. The van der Waals surface area contributed by atoms with E-state index in [1.165, 1.54) is 17.7 Å². The van der Waals surface area contributed by atoms with Gasteiger partial charge in [-0.3, -0.25) is 14.2 Å². The standard InChI is InChI=1S/C14H16N4O3S/c1-10(19)18-8-5-11-9-12(3-4-13(11)18)22(20,21)16-14-6-7-17(2)15-14/h3-4,6-7,9H,5,8H2,1-2H3,(H,15,16). The first-order valence-electron chi connectivity index (χ1n) is 6.80. The second-order valence-corrected chi connectivity index (χ2v) is 6.87. The summed E-state index contributed by atoms with van der Waals surface area (Å²) >= 11 is 0. The van der Waals surface area contributed by atoms with Gasteiger partial charge in [-0.1, -0.05) is 0 Å². The van der Waals surface area contributed by atoms with E-state index < -0.39 is 10.0 Å². The number of nitrogens with zero attached hydrogens (tertiary/aromatic N) is 3. The van der Waals surface area contributed by atoms with Crippen molar-refractivity contribution in [1.82, 2.24) is 9.78 Å². The molecule has 0 bridgehead atoms. The molecule has 1 aliphatic heterocycles. The fraction of sp³-hybridized carbons (Fsp3) is 0.286. The van der Waals surface area contributed by atoms with Crippen molar-refractivity contribution in [3.8, 4) is 0 Å². The number of sulfonamides is 1. The van der Waals surface area contributed by atoms with Crippen LogP contribution in [0.1, 0.15) is 12.5 Å². The third kappa shape index (κ3) is 2.57. The van der Waals surface area contributed by atoms with E-state index in [9.17, 15) is 13.2 Å². The maximum absolute atomic E-state index is 12.4. The third-order valence-electron chi connectivity index (χ3n) is 3.59. The second-order valence-electron chi connectivity index (χ2n) is 5.19. The molecule has 0 saturated heterocycles. The van der Waals surface area contributed by atoms with Crippen LogP contribution < -0.4 is 9.62 Å². The average molecular weight is 320 g/mol. The monoisotopic (exact) mass is 320 g/mol. The lowest BCUT2D eigenvalue weighted by atomic mass is 10.2. The molecule has 0 unspecified atom stereocenters. The predicted molar refractivity (Wildman–Crippen MR) is 82.2 cm³/mol. The van der Waals surface area contributed by atoms with Gasteiger partial charge in [-0.2, -0.15) is 5.10 Å². The Morgan fingerprint density at radius 2 is 2.09 bits per heavy atom. The number of hydrogen-bond acceptors (Lipinski definition) is 4. The lowest BCUT2D eigenvalue weighted by Gasteiger charge is -2.15. The van der Waals surface area contributed by atoms with Crippen LogP contribution in [0.15, 0.2) is 35.4 Å². The van der Waals surface area contributed by atoms with Gasteiger partial charge in [0.1, 0.15) is 0 Å². The topological polar surface area (TPSA) is 84.3 Å². The van der Waals surface area contributed by atoms with Crippen molar-refractivity contribution >= 4 is 27.4 Å². The van der Waals surface area contributed by atoms with E-state index in [2.05, 4.69) is 9.82 Å². The Balaban J connectivity index is 1.91. The van der Waals surface area contributed by atoms with Crippen molar-refractivity contribution < 1.29 is 13.2 Å². The van der Waals surface area contributed by atoms with Crippen LogP contribution in [0.2, 0.25) is 0 Å². The molecule has 2 aromatic rings. The molecule has 0 fully saturated rings. The van der Waals surface area contributed by atoms with Crippen LogP contribution in [-0.4, -0.2) is 30.7 Å². The summed E-state index contributed by atoms with van der Waals surface area (Å²) in [5, 5.41) is 4.00. The van der Waals surface area contributed by atoms with Crippen molar-refractivity contribution in [2.75, 3.05) is 16.2 Å². The van der Waals surface area contributed by atoms with Crippen LogP contribution >= 0.6 is 0 Å². The lowest BCUT2D eigenvalue weighted by Crippen LogP contribution is -2.25. The van der Waals surface area contributed by atoms with Crippen LogP contribution in [0, 0.1) is 0 Å². The number of fused-ring (bicyclic) bond motifs is 1. The van der Waals surface area contributed by atoms with E-state index in [1.54, 1.807) is 36.3 Å². The summed E-state index contributed by atoms with van der Waals surface area (Å²) in [5.41, 5.74) is 1.64. The maximum atomic E-state index is 12.4. The van der Waals surface area contributed by atoms with Crippen molar-refractivity contribution in [3.05, 3.63) is 36.0 Å². The molecule has 1 N–H and O–H groups in total. The number of aromatic nitrogens is 2. The van der Waals surface area contributed by atoms with Crippen LogP contribution in [0.4, 0.5) is 11.5 Å². The Hall–Kier alpha value is -2.35. The summed E-state index contributed by atoms with van der Waals surface area (Å²) in [7, 11) is -1.98. The lowest BCUT2D eigenvalue weighted by molar-refractivity contribution is -0.116. The van der Waals surface area contributed by atoms with Crippen molar-refractivity contribution in [2.45, 2.75) is 18.2 Å². The summed E-state index contributed by atoms with van der Waals surface area (Å²) in [6.45, 7) is 2.09. The molecule has 1 aromatic carbocycles. The van der Waals surface area contributed by atoms with Crippen molar-refractivity contribution in [3.63, 3.8) is 0 Å². The number of anilines is 2. The van der Waals surface area contributed by atoms with Crippen molar-refractivity contribution in [1.29, 1.82) is 0 Å². The zero-order valence-corrected chi connectivity index (χ0v) is 13.1. The van der Waals surface area contributed by atoms with Crippen molar-refractivity contribution in [2.24, 2.45) is 7.05 Å². The van der Waals surface area contributed by atoms with Crippen LogP contribution in [0.3, 0.4) is 0 Å². The molecule has 1 aliphatic rings. The molecule has 8 heteroatoms. The summed E-state index contributed by atoms with van der Waals surface area (Å²) in [6.07, 6.45) is 2.31. The van der Waals surface area contributed by atoms with E-state index in [1.807, 2.05) is 0 Å². The number of nitrogens with one attached hydrogen (secondary N) is 1. The Morgan fingerprint density at radius 3 is 2.73 bits per heavy atom. The highest BCUT2D eigenvalue weighted by atomic mass is 32.2. The highest BCUT2D eigenvalue weighted by Crippen LogP contribution is 2.30. The number of hydrogen-bond donors (Lipinski definition) is 1. The second kappa shape index (κ2) is 5.13. The molecule has 1 aromatic heterocycles. The molecule has 0 spiro atoms. The van der Waals surface area contributed by atoms with Crippen LogP contribution in [0.5, 0.6) is 0 Å². The third-order valence-corrected chi connectivity index (χ3v) is 4.94. The maximum Gasteiger partial charge on any atom is 0.263 e. The highest BCUT2D eigenvalue weighted by molar-refractivity contribution is 7.92. The van der Waals surface area contributed by atoms with E-state index in [0.717, 1.165) is 11.3 Å². The van der Waals surface area contributed by atoms with Gasteiger partial charge in [-0.05, 0) is 30.2 Å². The molecule has 1 amide bonds. The van der Waals surface area contributed by atoms with E-state index >= 15 is 0 Å². The molecule has 116 valence electrons. The first kappa shape index (κ1) is 14.6. The van der Waals surface area contributed by atoms with Gasteiger partial charge in [-0.25, -0.2) is 8.42 Å². The molecule has 22 heavy (non-hydrogen) atoms. The minimum Gasteiger partial charge on any atom is -0.312 e. The van der Waals surface area contributed by atoms with Gasteiger partial charge in [-0.15, -0.1) is 0 Å². The summed E-state index contributed by atoms with van der Waals surface area (Å²) in [4.78, 5) is 13.3. The summed E-state index contributed by atoms with van der Waals surface area (Å²) < 4.78 is 28.7. The first-order valence-corrected chi connectivity index (χ1v) is 8.28. The zero-order chi connectivity index (χ0) is 15.9. The molecule has 0 aliphatic carbocycles. The van der Waals surface area contributed by atoms with Crippen LogP contribution in [-0.2, 0) is 28.3 Å². The number of carbonyl (C=O) groups is 1. The molecule has 7 nitrogen and oxygen atoms in total. The average Bonchev–Trinajstić information content (AvgIpc) is 3.03. The quantitative estimate of drug-likeness (QED) is 0.919. The van der Waals surface area contributed by atoms with Gasteiger partial charge in [0.25, 0.3) is 10.0 Å². The van der Waals surface area contributed by atoms with Gasteiger partial charge >= 0.3 is 0 Å².